The van der Waals surface area contributed by atoms with E-state index in [1.54, 1.807) is 0 Å². The molecule has 80 valence electrons. The first kappa shape index (κ1) is 9.97. The van der Waals surface area contributed by atoms with Crippen LogP contribution >= 0.6 is 0 Å². The molecule has 2 aliphatic rings. The van der Waals surface area contributed by atoms with Crippen LogP contribution in [-0.4, -0.2) is 22.7 Å². The Morgan fingerprint density at radius 1 is 1.43 bits per heavy atom. The fourth-order valence-electron chi connectivity index (χ4n) is 2.70. The Morgan fingerprint density at radius 3 is 2.29 bits per heavy atom. The summed E-state index contributed by atoms with van der Waals surface area (Å²) in [6.07, 6.45) is 5.10. The van der Waals surface area contributed by atoms with Crippen LogP contribution in [0.4, 0.5) is 0 Å². The van der Waals surface area contributed by atoms with Gasteiger partial charge in [-0.15, -0.1) is 0 Å². The van der Waals surface area contributed by atoms with Crippen molar-refractivity contribution in [2.75, 3.05) is 0 Å². The van der Waals surface area contributed by atoms with Gasteiger partial charge < -0.3 is 5.11 Å². The SMILES string of the molecule is CCC(C)NC1(C(=O)O)CCC12CC2. The minimum absolute atomic E-state index is 0.127. The van der Waals surface area contributed by atoms with Crippen molar-refractivity contribution in [2.45, 2.75) is 57.5 Å². The lowest BCUT2D eigenvalue weighted by Gasteiger charge is -2.49. The molecule has 2 rings (SSSR count). The van der Waals surface area contributed by atoms with Gasteiger partial charge in [-0.25, -0.2) is 0 Å². The topological polar surface area (TPSA) is 49.3 Å². The fraction of sp³-hybridized carbons (Fsp3) is 0.909. The maximum absolute atomic E-state index is 11.3. The van der Waals surface area contributed by atoms with Crippen molar-refractivity contribution < 1.29 is 9.90 Å². The highest BCUT2D eigenvalue weighted by Crippen LogP contribution is 2.66. The summed E-state index contributed by atoms with van der Waals surface area (Å²) in [6, 6.07) is 0.309. The molecule has 0 bridgehead atoms. The summed E-state index contributed by atoms with van der Waals surface area (Å²) in [5, 5.41) is 12.7. The predicted molar refractivity (Wildman–Crippen MR) is 54.2 cm³/mol. The van der Waals surface area contributed by atoms with E-state index in [0.717, 1.165) is 32.1 Å². The summed E-state index contributed by atoms with van der Waals surface area (Å²) in [7, 11) is 0. The average Bonchev–Trinajstić information content (AvgIpc) is 2.92. The predicted octanol–water partition coefficient (Wildman–Crippen LogP) is 1.77. The van der Waals surface area contributed by atoms with Gasteiger partial charge in [0, 0.05) is 6.04 Å². The minimum Gasteiger partial charge on any atom is -0.480 e. The van der Waals surface area contributed by atoms with E-state index in [1.807, 2.05) is 0 Å². The molecule has 1 spiro atoms. The molecule has 0 radical (unpaired) electrons. The number of rotatable bonds is 4. The van der Waals surface area contributed by atoms with Crippen LogP contribution in [-0.2, 0) is 4.79 Å². The third-order valence-electron chi connectivity index (χ3n) is 4.21. The van der Waals surface area contributed by atoms with E-state index in [-0.39, 0.29) is 5.41 Å². The van der Waals surface area contributed by atoms with Crippen molar-refractivity contribution in [3.05, 3.63) is 0 Å². The first-order valence-electron chi connectivity index (χ1n) is 5.57. The lowest BCUT2D eigenvalue weighted by Crippen LogP contribution is -2.66. The van der Waals surface area contributed by atoms with Crippen molar-refractivity contribution in [1.29, 1.82) is 0 Å². The van der Waals surface area contributed by atoms with E-state index in [1.165, 1.54) is 0 Å². The van der Waals surface area contributed by atoms with Gasteiger partial charge in [0.05, 0.1) is 0 Å². The first-order valence-corrected chi connectivity index (χ1v) is 5.57. The Labute approximate surface area is 84.9 Å². The number of carboxylic acid groups (broad SMARTS) is 1. The van der Waals surface area contributed by atoms with Crippen LogP contribution in [0.15, 0.2) is 0 Å². The molecular weight excluding hydrogens is 178 g/mol. The van der Waals surface area contributed by atoms with Gasteiger partial charge in [0.25, 0.3) is 0 Å². The molecule has 2 N–H and O–H groups in total. The van der Waals surface area contributed by atoms with Gasteiger partial charge in [-0.05, 0) is 44.4 Å². The minimum atomic E-state index is -0.637. The van der Waals surface area contributed by atoms with Gasteiger partial charge in [0.15, 0.2) is 0 Å². The molecule has 0 aromatic carbocycles. The molecule has 0 amide bonds. The van der Waals surface area contributed by atoms with Gasteiger partial charge in [-0.2, -0.15) is 0 Å². The maximum Gasteiger partial charge on any atom is 0.324 e. The van der Waals surface area contributed by atoms with Gasteiger partial charge >= 0.3 is 5.97 Å². The van der Waals surface area contributed by atoms with Crippen LogP contribution in [0.25, 0.3) is 0 Å². The molecule has 0 aliphatic heterocycles. The Kier molecular flexibility index (Phi) is 2.11. The van der Waals surface area contributed by atoms with Crippen LogP contribution < -0.4 is 5.32 Å². The van der Waals surface area contributed by atoms with Crippen molar-refractivity contribution in [2.24, 2.45) is 5.41 Å². The lowest BCUT2D eigenvalue weighted by molar-refractivity contribution is -0.156. The molecular formula is C11H19NO2. The largest absolute Gasteiger partial charge is 0.480 e. The molecule has 2 fully saturated rings. The second kappa shape index (κ2) is 2.96. The highest BCUT2D eigenvalue weighted by atomic mass is 16.4. The second-order valence-electron chi connectivity index (χ2n) is 4.94. The first-order chi connectivity index (χ1) is 6.56. The second-order valence-corrected chi connectivity index (χ2v) is 4.94. The van der Waals surface area contributed by atoms with Crippen molar-refractivity contribution in [3.63, 3.8) is 0 Å². The Hall–Kier alpha value is -0.570. The summed E-state index contributed by atoms with van der Waals surface area (Å²) in [5.74, 6) is -0.637. The number of carboxylic acids is 1. The third kappa shape index (κ3) is 1.11. The Balaban J connectivity index is 2.12. The van der Waals surface area contributed by atoms with E-state index in [4.69, 9.17) is 0 Å². The van der Waals surface area contributed by atoms with Crippen LogP contribution in [0.2, 0.25) is 0 Å². The zero-order valence-corrected chi connectivity index (χ0v) is 8.97. The molecule has 3 nitrogen and oxygen atoms in total. The molecule has 2 atom stereocenters. The summed E-state index contributed by atoms with van der Waals surface area (Å²) in [6.45, 7) is 4.16. The van der Waals surface area contributed by atoms with E-state index in [9.17, 15) is 9.90 Å². The standard InChI is InChI=1S/C11H19NO2/c1-3-8(2)12-11(9(13)14)7-6-10(11)4-5-10/h8,12H,3-7H2,1-2H3,(H,13,14). The zero-order chi connectivity index (χ0) is 10.4. The molecule has 2 aliphatic carbocycles. The molecule has 2 saturated carbocycles. The van der Waals surface area contributed by atoms with E-state index in [2.05, 4.69) is 19.2 Å². The molecule has 2 unspecified atom stereocenters. The summed E-state index contributed by atoms with van der Waals surface area (Å²) >= 11 is 0. The monoisotopic (exact) mass is 197 g/mol. The molecule has 14 heavy (non-hydrogen) atoms. The summed E-state index contributed by atoms with van der Waals surface area (Å²) in [5.41, 5.74) is -0.454. The maximum atomic E-state index is 11.3. The lowest BCUT2D eigenvalue weighted by atomic mass is 9.63. The fourth-order valence-corrected chi connectivity index (χ4v) is 2.70. The highest BCUT2D eigenvalue weighted by molar-refractivity contribution is 5.82. The quantitative estimate of drug-likeness (QED) is 0.722. The number of nitrogens with one attached hydrogen (secondary N) is 1. The smallest absolute Gasteiger partial charge is 0.324 e. The molecule has 0 heterocycles. The van der Waals surface area contributed by atoms with E-state index < -0.39 is 11.5 Å². The Bertz CT molecular complexity index is 260. The zero-order valence-electron chi connectivity index (χ0n) is 8.97. The van der Waals surface area contributed by atoms with Crippen LogP contribution in [0.5, 0.6) is 0 Å². The van der Waals surface area contributed by atoms with Gasteiger partial charge in [-0.1, -0.05) is 6.92 Å². The van der Waals surface area contributed by atoms with Gasteiger partial charge in [-0.3, -0.25) is 10.1 Å². The normalized spacial score (nSPS) is 35.0. The Morgan fingerprint density at radius 2 is 2.00 bits per heavy atom. The molecule has 0 saturated heterocycles. The van der Waals surface area contributed by atoms with Crippen LogP contribution in [0.1, 0.15) is 46.0 Å². The third-order valence-corrected chi connectivity index (χ3v) is 4.21. The summed E-state index contributed by atoms with van der Waals surface area (Å²) in [4.78, 5) is 11.3. The van der Waals surface area contributed by atoms with Crippen LogP contribution in [0, 0.1) is 5.41 Å². The number of hydrogen-bond donors (Lipinski definition) is 2. The van der Waals surface area contributed by atoms with Crippen LogP contribution in [0.3, 0.4) is 0 Å². The van der Waals surface area contributed by atoms with Crippen molar-refractivity contribution >= 4 is 5.97 Å². The van der Waals surface area contributed by atoms with Gasteiger partial charge in [0.1, 0.15) is 5.54 Å². The van der Waals surface area contributed by atoms with Crippen molar-refractivity contribution in [3.8, 4) is 0 Å². The summed E-state index contributed by atoms with van der Waals surface area (Å²) < 4.78 is 0. The number of carbonyl (C=O) groups is 1. The highest BCUT2D eigenvalue weighted by Gasteiger charge is 2.69. The van der Waals surface area contributed by atoms with E-state index in [0.29, 0.717) is 6.04 Å². The molecule has 0 aromatic heterocycles. The van der Waals surface area contributed by atoms with Gasteiger partial charge in [0.2, 0.25) is 0 Å². The number of aliphatic carboxylic acids is 1. The molecule has 0 aromatic rings. The molecule has 3 heteroatoms. The van der Waals surface area contributed by atoms with E-state index >= 15 is 0 Å². The van der Waals surface area contributed by atoms with Crippen molar-refractivity contribution in [1.82, 2.24) is 5.32 Å². The number of hydrogen-bond acceptors (Lipinski definition) is 2. The average molecular weight is 197 g/mol.